The lowest BCUT2D eigenvalue weighted by Gasteiger charge is -2.44. The van der Waals surface area contributed by atoms with Gasteiger partial charge < -0.3 is 10.8 Å². The van der Waals surface area contributed by atoms with E-state index in [0.29, 0.717) is 17.8 Å². The molecule has 1 aliphatic rings. The summed E-state index contributed by atoms with van der Waals surface area (Å²) in [5.41, 5.74) is 6.62. The zero-order chi connectivity index (χ0) is 19.6. The molecule has 0 saturated carbocycles. The maximum absolute atomic E-state index is 12.8. The van der Waals surface area contributed by atoms with Crippen LogP contribution >= 0.6 is 0 Å². The quantitative estimate of drug-likeness (QED) is 0.835. The average Bonchev–Trinajstić information content (AvgIpc) is 2.56. The number of halogens is 3. The van der Waals surface area contributed by atoms with E-state index in [1.54, 1.807) is 11.9 Å². The highest BCUT2D eigenvalue weighted by Crippen LogP contribution is 2.35. The summed E-state index contributed by atoms with van der Waals surface area (Å²) in [5.74, 6) is -0.623. The molecule has 0 radical (unpaired) electrons. The van der Waals surface area contributed by atoms with Gasteiger partial charge in [-0.05, 0) is 25.0 Å². The third kappa shape index (κ3) is 3.95. The highest BCUT2D eigenvalue weighted by molar-refractivity contribution is 5.88. The van der Waals surface area contributed by atoms with Gasteiger partial charge in [0.2, 0.25) is 5.91 Å². The van der Waals surface area contributed by atoms with Crippen LogP contribution in [-0.2, 0) is 11.0 Å². The molecular formula is C18H24F3N3O2. The minimum Gasteiger partial charge on any atom is -0.400 e. The molecule has 0 fully saturated rings. The van der Waals surface area contributed by atoms with Crippen molar-refractivity contribution in [2.45, 2.75) is 26.9 Å². The van der Waals surface area contributed by atoms with E-state index in [2.05, 4.69) is 0 Å². The monoisotopic (exact) mass is 371 g/mol. The van der Waals surface area contributed by atoms with Crippen molar-refractivity contribution in [3.63, 3.8) is 0 Å². The van der Waals surface area contributed by atoms with Crippen LogP contribution in [0.4, 0.5) is 13.2 Å². The van der Waals surface area contributed by atoms with Crippen molar-refractivity contribution in [2.24, 2.45) is 17.6 Å². The van der Waals surface area contributed by atoms with Gasteiger partial charge in [-0.3, -0.25) is 14.8 Å². The number of hydrazine groups is 1. The summed E-state index contributed by atoms with van der Waals surface area (Å²) >= 11 is 0. The molecule has 3 N–H and O–H groups in total. The molecule has 8 heteroatoms. The van der Waals surface area contributed by atoms with Crippen molar-refractivity contribution >= 4 is 11.6 Å². The smallest absolute Gasteiger partial charge is 0.400 e. The fourth-order valence-corrected chi connectivity index (χ4v) is 2.94. The van der Waals surface area contributed by atoms with Gasteiger partial charge in [0, 0.05) is 17.8 Å². The van der Waals surface area contributed by atoms with Crippen molar-refractivity contribution < 1.29 is 23.1 Å². The Balaban J connectivity index is 2.52. The van der Waals surface area contributed by atoms with E-state index in [1.807, 2.05) is 13.8 Å². The third-order valence-corrected chi connectivity index (χ3v) is 4.25. The Morgan fingerprint density at radius 2 is 1.77 bits per heavy atom. The first-order valence-electron chi connectivity index (χ1n) is 8.44. The standard InChI is InChI=1S/C18H24F3N3O2/c1-11(2)10-24-17(26)12(3)15(22)16(23(24)8-9-25)13-4-6-14(7-5-13)18(19,20)21/h4-7,11-12,25H,8-10,22H2,1-3H3. The van der Waals surface area contributed by atoms with Gasteiger partial charge >= 0.3 is 6.18 Å². The zero-order valence-electron chi connectivity index (χ0n) is 15.0. The number of alkyl halides is 3. The molecule has 1 heterocycles. The molecule has 0 bridgehead atoms. The van der Waals surface area contributed by atoms with Crippen LogP contribution in [0.1, 0.15) is 31.9 Å². The number of β-amino-alcohol motifs (C(OH)–C–C–N with tert-alkyl or cyclic N) is 1. The fourth-order valence-electron chi connectivity index (χ4n) is 2.94. The number of rotatable bonds is 5. The number of aliphatic hydroxyl groups excluding tert-OH is 1. The van der Waals surface area contributed by atoms with Crippen LogP contribution in [0, 0.1) is 11.8 Å². The number of amides is 1. The summed E-state index contributed by atoms with van der Waals surface area (Å²) < 4.78 is 38.5. The second-order valence-electron chi connectivity index (χ2n) is 6.76. The van der Waals surface area contributed by atoms with Gasteiger partial charge in [-0.25, -0.2) is 0 Å². The molecule has 0 saturated heterocycles. The molecular weight excluding hydrogens is 347 g/mol. The largest absolute Gasteiger partial charge is 0.416 e. The van der Waals surface area contributed by atoms with E-state index >= 15 is 0 Å². The Morgan fingerprint density at radius 3 is 2.23 bits per heavy atom. The number of aliphatic hydroxyl groups is 1. The van der Waals surface area contributed by atoms with Gasteiger partial charge in [-0.15, -0.1) is 0 Å². The zero-order valence-corrected chi connectivity index (χ0v) is 15.0. The molecule has 0 aliphatic carbocycles. The van der Waals surface area contributed by atoms with Crippen molar-refractivity contribution in [1.29, 1.82) is 0 Å². The van der Waals surface area contributed by atoms with Crippen LogP contribution in [0.3, 0.4) is 0 Å². The minimum atomic E-state index is -4.43. The summed E-state index contributed by atoms with van der Waals surface area (Å²) in [6.07, 6.45) is -4.43. The van der Waals surface area contributed by atoms with Gasteiger partial charge in [-0.2, -0.15) is 13.2 Å². The van der Waals surface area contributed by atoms with E-state index in [9.17, 15) is 23.1 Å². The van der Waals surface area contributed by atoms with Gasteiger partial charge in [0.1, 0.15) is 0 Å². The summed E-state index contributed by atoms with van der Waals surface area (Å²) in [5, 5.41) is 12.5. The molecule has 0 spiro atoms. The summed E-state index contributed by atoms with van der Waals surface area (Å²) in [6, 6.07) is 4.65. The van der Waals surface area contributed by atoms with E-state index in [-0.39, 0.29) is 30.7 Å². The normalized spacial score (nSPS) is 18.9. The molecule has 1 aromatic rings. The van der Waals surface area contributed by atoms with Crippen LogP contribution in [0.25, 0.3) is 5.70 Å². The van der Waals surface area contributed by atoms with Crippen LogP contribution in [0.15, 0.2) is 30.0 Å². The first kappa shape index (κ1) is 20.1. The van der Waals surface area contributed by atoms with E-state index < -0.39 is 17.7 Å². The number of hydrogen-bond donors (Lipinski definition) is 2. The van der Waals surface area contributed by atoms with Gasteiger partial charge in [0.25, 0.3) is 0 Å². The second-order valence-corrected chi connectivity index (χ2v) is 6.76. The highest BCUT2D eigenvalue weighted by Gasteiger charge is 2.37. The maximum atomic E-state index is 12.8. The van der Waals surface area contributed by atoms with Gasteiger partial charge in [0.15, 0.2) is 0 Å². The molecule has 5 nitrogen and oxygen atoms in total. The van der Waals surface area contributed by atoms with Crippen LogP contribution in [0.2, 0.25) is 0 Å². The highest BCUT2D eigenvalue weighted by atomic mass is 19.4. The first-order chi connectivity index (χ1) is 12.1. The molecule has 1 unspecified atom stereocenters. The number of benzene rings is 1. The van der Waals surface area contributed by atoms with Crippen molar-refractivity contribution in [1.82, 2.24) is 10.0 Å². The molecule has 1 aliphatic heterocycles. The third-order valence-electron chi connectivity index (χ3n) is 4.25. The molecule has 1 aromatic carbocycles. The number of hydrogen-bond acceptors (Lipinski definition) is 4. The Bertz CT molecular complexity index is 684. The number of carbonyl (C=O) groups excluding carboxylic acids is 1. The van der Waals surface area contributed by atoms with E-state index in [0.717, 1.165) is 12.1 Å². The topological polar surface area (TPSA) is 69.8 Å². The number of nitrogens with zero attached hydrogens (tertiary/aromatic N) is 2. The van der Waals surface area contributed by atoms with Crippen LogP contribution < -0.4 is 5.73 Å². The number of carbonyl (C=O) groups is 1. The van der Waals surface area contributed by atoms with Crippen molar-refractivity contribution in [3.8, 4) is 0 Å². The SMILES string of the molecule is CC(C)CN1C(=O)C(C)C(N)=C(c2ccc(C(F)(F)F)cc2)N1CCO. The maximum Gasteiger partial charge on any atom is 0.416 e. The summed E-state index contributed by atoms with van der Waals surface area (Å²) in [4.78, 5) is 12.7. The summed E-state index contributed by atoms with van der Waals surface area (Å²) in [7, 11) is 0. The molecule has 26 heavy (non-hydrogen) atoms. The molecule has 0 aromatic heterocycles. The Hall–Kier alpha value is -2.22. The lowest BCUT2D eigenvalue weighted by molar-refractivity contribution is -0.150. The predicted octanol–water partition coefficient (Wildman–Crippen LogP) is 2.68. The summed E-state index contributed by atoms with van der Waals surface area (Å²) in [6.45, 7) is 5.88. The van der Waals surface area contributed by atoms with E-state index in [1.165, 1.54) is 17.1 Å². The Morgan fingerprint density at radius 1 is 1.19 bits per heavy atom. The van der Waals surface area contributed by atoms with Gasteiger partial charge in [0.05, 0.1) is 30.3 Å². The molecule has 2 rings (SSSR count). The lowest BCUT2D eigenvalue weighted by Crippen LogP contribution is -2.54. The van der Waals surface area contributed by atoms with Crippen LogP contribution in [-0.4, -0.2) is 40.7 Å². The van der Waals surface area contributed by atoms with Crippen LogP contribution in [0.5, 0.6) is 0 Å². The Labute approximate surface area is 150 Å². The fraction of sp³-hybridized carbons (Fsp3) is 0.500. The second kappa shape index (κ2) is 7.57. The lowest BCUT2D eigenvalue weighted by atomic mass is 9.97. The number of nitrogens with two attached hydrogens (primary N) is 1. The molecule has 144 valence electrons. The average molecular weight is 371 g/mol. The van der Waals surface area contributed by atoms with Crippen molar-refractivity contribution in [2.75, 3.05) is 19.7 Å². The van der Waals surface area contributed by atoms with Gasteiger partial charge in [-0.1, -0.05) is 26.0 Å². The van der Waals surface area contributed by atoms with E-state index in [4.69, 9.17) is 5.73 Å². The Kier molecular flexibility index (Phi) is 5.85. The van der Waals surface area contributed by atoms with Crippen molar-refractivity contribution in [3.05, 3.63) is 41.1 Å². The first-order valence-corrected chi connectivity index (χ1v) is 8.44. The minimum absolute atomic E-state index is 0.113. The molecule has 1 amide bonds. The molecule has 1 atom stereocenters. The predicted molar refractivity (Wildman–Crippen MR) is 92.1 cm³/mol.